The fourth-order valence-electron chi connectivity index (χ4n) is 2.62. The van der Waals surface area contributed by atoms with E-state index in [0.717, 1.165) is 10.2 Å². The number of nitrogens with one attached hydrogen (secondary N) is 1. The smallest absolute Gasteiger partial charge is 0.267 e. The molecule has 10 heteroatoms. The molecule has 1 unspecified atom stereocenters. The molecule has 0 saturated carbocycles. The number of primary sulfonamides is 1. The molecule has 29 heavy (non-hydrogen) atoms. The average Bonchev–Trinajstić information content (AvgIpc) is 2.72. The molecule has 0 spiro atoms. The van der Waals surface area contributed by atoms with Gasteiger partial charge >= 0.3 is 0 Å². The number of nitrogens with zero attached hydrogens (tertiary/aromatic N) is 3. The Balaban J connectivity index is 1.72. The van der Waals surface area contributed by atoms with Crippen LogP contribution in [0.25, 0.3) is 11.3 Å². The van der Waals surface area contributed by atoms with Gasteiger partial charge in [-0.05, 0) is 42.8 Å². The van der Waals surface area contributed by atoms with Gasteiger partial charge in [0.2, 0.25) is 15.9 Å². The van der Waals surface area contributed by atoms with Crippen molar-refractivity contribution in [1.29, 1.82) is 0 Å². The van der Waals surface area contributed by atoms with Crippen LogP contribution in [-0.2, 0) is 21.4 Å². The number of carbonyl (C=O) groups is 1. The van der Waals surface area contributed by atoms with E-state index in [1.807, 2.05) is 0 Å². The van der Waals surface area contributed by atoms with E-state index in [4.69, 9.17) is 5.14 Å². The van der Waals surface area contributed by atoms with Gasteiger partial charge in [-0.25, -0.2) is 18.2 Å². The summed E-state index contributed by atoms with van der Waals surface area (Å²) in [4.78, 5) is 28.7. The molecule has 1 amide bonds. The van der Waals surface area contributed by atoms with Crippen LogP contribution in [0.15, 0.2) is 70.6 Å². The number of hydrogen-bond acceptors (Lipinski definition) is 6. The number of carbonyl (C=O) groups excluding carboxylic acids is 1. The summed E-state index contributed by atoms with van der Waals surface area (Å²) in [7, 11) is -3.77. The number of sulfonamides is 1. The van der Waals surface area contributed by atoms with Gasteiger partial charge in [0.1, 0.15) is 6.04 Å². The lowest BCUT2D eigenvalue weighted by Crippen LogP contribution is -2.36. The van der Waals surface area contributed by atoms with Crippen molar-refractivity contribution in [3.63, 3.8) is 0 Å². The zero-order valence-electron chi connectivity index (χ0n) is 15.5. The molecule has 0 bridgehead atoms. The van der Waals surface area contributed by atoms with Crippen molar-refractivity contribution in [2.24, 2.45) is 5.14 Å². The summed E-state index contributed by atoms with van der Waals surface area (Å²) in [5, 5.41) is 12.1. The standard InChI is InChI=1S/C19H19N5O4S/c1-13(19(26)22-11-14-4-6-16(7-5-14)29(20,27)28)24-18(25)9-8-17(23-24)15-3-2-10-21-12-15/h2-10,12-13H,11H2,1H3,(H,22,26)(H2,20,27,28). The minimum Gasteiger partial charge on any atom is -0.350 e. The Bertz CT molecular complexity index is 1180. The van der Waals surface area contributed by atoms with Crippen LogP contribution < -0.4 is 16.0 Å². The lowest BCUT2D eigenvalue weighted by atomic mass is 10.2. The van der Waals surface area contributed by atoms with Crippen LogP contribution in [-0.4, -0.2) is 29.1 Å². The van der Waals surface area contributed by atoms with Gasteiger partial charge in [0, 0.05) is 30.6 Å². The van der Waals surface area contributed by atoms with Crippen LogP contribution in [0.3, 0.4) is 0 Å². The maximum Gasteiger partial charge on any atom is 0.267 e. The summed E-state index contributed by atoms with van der Waals surface area (Å²) in [5.74, 6) is -0.404. The minimum absolute atomic E-state index is 0.0103. The Kier molecular flexibility index (Phi) is 5.85. The third-order valence-corrected chi connectivity index (χ3v) is 5.18. The van der Waals surface area contributed by atoms with Crippen molar-refractivity contribution in [3.05, 3.63) is 76.8 Å². The molecule has 3 rings (SSSR count). The zero-order chi connectivity index (χ0) is 21.0. The molecule has 150 valence electrons. The molecule has 2 heterocycles. The van der Waals surface area contributed by atoms with E-state index in [9.17, 15) is 18.0 Å². The van der Waals surface area contributed by atoms with E-state index in [1.165, 1.54) is 18.2 Å². The average molecular weight is 413 g/mol. The molecule has 0 aliphatic rings. The van der Waals surface area contributed by atoms with Gasteiger partial charge in [0.15, 0.2) is 0 Å². The highest BCUT2D eigenvalue weighted by Crippen LogP contribution is 2.14. The first-order chi connectivity index (χ1) is 13.8. The summed E-state index contributed by atoms with van der Waals surface area (Å²) >= 11 is 0. The van der Waals surface area contributed by atoms with Crippen molar-refractivity contribution >= 4 is 15.9 Å². The normalized spacial score (nSPS) is 12.3. The number of pyridine rings is 1. The van der Waals surface area contributed by atoms with Crippen molar-refractivity contribution in [2.75, 3.05) is 0 Å². The summed E-state index contributed by atoms with van der Waals surface area (Å²) in [6.45, 7) is 1.73. The Hall–Kier alpha value is -3.37. The van der Waals surface area contributed by atoms with Crippen LogP contribution in [0.5, 0.6) is 0 Å². The van der Waals surface area contributed by atoms with Crippen LogP contribution in [0.4, 0.5) is 0 Å². The molecule has 3 N–H and O–H groups in total. The molecule has 2 aromatic heterocycles. The van der Waals surface area contributed by atoms with Crippen LogP contribution in [0, 0.1) is 0 Å². The molecule has 0 fully saturated rings. The number of aromatic nitrogens is 3. The van der Waals surface area contributed by atoms with Crippen LogP contribution in [0.1, 0.15) is 18.5 Å². The van der Waals surface area contributed by atoms with Crippen LogP contribution in [0.2, 0.25) is 0 Å². The zero-order valence-corrected chi connectivity index (χ0v) is 16.3. The van der Waals surface area contributed by atoms with Gasteiger partial charge in [-0.2, -0.15) is 5.10 Å². The van der Waals surface area contributed by atoms with Gasteiger partial charge < -0.3 is 5.32 Å². The highest BCUT2D eigenvalue weighted by atomic mass is 32.2. The Morgan fingerprint density at radius 1 is 1.17 bits per heavy atom. The Labute approximate surface area is 167 Å². The SMILES string of the molecule is CC(C(=O)NCc1ccc(S(N)(=O)=O)cc1)n1nc(-c2cccnc2)ccc1=O. The molecular weight excluding hydrogens is 394 g/mol. The predicted octanol–water partition coefficient (Wildman–Crippen LogP) is 0.830. The quantitative estimate of drug-likeness (QED) is 0.614. The molecule has 0 aliphatic carbocycles. The summed E-state index contributed by atoms with van der Waals surface area (Å²) in [5.41, 5.74) is 1.53. The summed E-state index contributed by atoms with van der Waals surface area (Å²) in [6, 6.07) is 11.5. The molecular formula is C19H19N5O4S. The predicted molar refractivity (Wildman–Crippen MR) is 106 cm³/mol. The Morgan fingerprint density at radius 2 is 1.90 bits per heavy atom. The first-order valence-corrected chi connectivity index (χ1v) is 10.2. The first kappa shape index (κ1) is 20.4. The number of nitrogens with two attached hydrogens (primary N) is 1. The largest absolute Gasteiger partial charge is 0.350 e. The van der Waals surface area contributed by atoms with Gasteiger partial charge in [0.25, 0.3) is 5.56 Å². The molecule has 0 radical (unpaired) electrons. The summed E-state index contributed by atoms with van der Waals surface area (Å²) < 4.78 is 23.7. The number of amides is 1. The van der Waals surface area contributed by atoms with Gasteiger partial charge in [-0.3, -0.25) is 14.6 Å². The van der Waals surface area contributed by atoms with E-state index < -0.39 is 27.5 Å². The number of hydrogen-bond donors (Lipinski definition) is 2. The molecule has 0 saturated heterocycles. The topological polar surface area (TPSA) is 137 Å². The monoisotopic (exact) mass is 413 g/mol. The van der Waals surface area contributed by atoms with Crippen LogP contribution >= 0.6 is 0 Å². The highest BCUT2D eigenvalue weighted by molar-refractivity contribution is 7.89. The number of rotatable bonds is 6. The second-order valence-electron chi connectivity index (χ2n) is 6.33. The second kappa shape index (κ2) is 8.33. The molecule has 1 atom stereocenters. The number of benzene rings is 1. The molecule has 0 aliphatic heterocycles. The minimum atomic E-state index is -3.77. The van der Waals surface area contributed by atoms with Gasteiger partial charge in [-0.15, -0.1) is 0 Å². The summed E-state index contributed by atoms with van der Waals surface area (Å²) in [6.07, 6.45) is 3.25. The van der Waals surface area contributed by atoms with Crippen molar-refractivity contribution in [2.45, 2.75) is 24.4 Å². The van der Waals surface area contributed by atoms with Crippen molar-refractivity contribution in [1.82, 2.24) is 20.1 Å². The lowest BCUT2D eigenvalue weighted by molar-refractivity contribution is -0.124. The van der Waals surface area contributed by atoms with E-state index >= 15 is 0 Å². The molecule has 9 nitrogen and oxygen atoms in total. The van der Waals surface area contributed by atoms with Gasteiger partial charge in [0.05, 0.1) is 10.6 Å². The molecule has 1 aromatic carbocycles. The van der Waals surface area contributed by atoms with E-state index in [2.05, 4.69) is 15.4 Å². The highest BCUT2D eigenvalue weighted by Gasteiger charge is 2.18. The Morgan fingerprint density at radius 3 is 2.52 bits per heavy atom. The fraction of sp³-hybridized carbons (Fsp3) is 0.158. The molecule has 3 aromatic rings. The second-order valence-corrected chi connectivity index (χ2v) is 7.89. The van der Waals surface area contributed by atoms with E-state index in [0.29, 0.717) is 11.3 Å². The van der Waals surface area contributed by atoms with E-state index in [1.54, 1.807) is 49.6 Å². The van der Waals surface area contributed by atoms with Crippen molar-refractivity contribution < 1.29 is 13.2 Å². The maximum atomic E-state index is 12.5. The maximum absolute atomic E-state index is 12.5. The van der Waals surface area contributed by atoms with E-state index in [-0.39, 0.29) is 11.4 Å². The van der Waals surface area contributed by atoms with Crippen molar-refractivity contribution in [3.8, 4) is 11.3 Å². The first-order valence-electron chi connectivity index (χ1n) is 8.65. The fourth-order valence-corrected chi connectivity index (χ4v) is 3.13. The lowest BCUT2D eigenvalue weighted by Gasteiger charge is -2.15. The third kappa shape index (κ3) is 4.92. The third-order valence-electron chi connectivity index (χ3n) is 4.25. The van der Waals surface area contributed by atoms with Gasteiger partial charge in [-0.1, -0.05) is 12.1 Å².